The van der Waals surface area contributed by atoms with E-state index in [2.05, 4.69) is 31.1 Å². The number of amides is 1. The zero-order valence-corrected chi connectivity index (χ0v) is 16.2. The van der Waals surface area contributed by atoms with Crippen LogP contribution in [0.4, 0.5) is 23.0 Å². The van der Waals surface area contributed by atoms with Crippen molar-refractivity contribution in [3.8, 4) is 0 Å². The lowest BCUT2D eigenvalue weighted by Crippen LogP contribution is -2.31. The van der Waals surface area contributed by atoms with Gasteiger partial charge in [-0.2, -0.15) is 0 Å². The normalized spacial score (nSPS) is 10.1. The molecule has 0 aliphatic rings. The molecular formula is C19H17N7O5. The highest BCUT2D eigenvalue weighted by Gasteiger charge is 2.25. The number of esters is 1. The molecule has 0 aliphatic heterocycles. The van der Waals surface area contributed by atoms with E-state index in [1.165, 1.54) is 18.3 Å². The largest absolute Gasteiger partial charge is 0.462 e. The van der Waals surface area contributed by atoms with E-state index in [0.29, 0.717) is 0 Å². The highest BCUT2D eigenvalue weighted by Crippen LogP contribution is 2.31. The van der Waals surface area contributed by atoms with Gasteiger partial charge in [-0.1, -0.05) is 18.2 Å². The number of pyridine rings is 1. The zero-order valence-electron chi connectivity index (χ0n) is 16.2. The number of hydrogen-bond donors (Lipinski definition) is 3. The third-order valence-corrected chi connectivity index (χ3v) is 3.87. The van der Waals surface area contributed by atoms with Gasteiger partial charge < -0.3 is 10.1 Å². The van der Waals surface area contributed by atoms with Crippen LogP contribution in [0.2, 0.25) is 0 Å². The first kappa shape index (κ1) is 21.1. The maximum absolute atomic E-state index is 12.2. The molecule has 0 fully saturated rings. The van der Waals surface area contributed by atoms with Crippen LogP contribution in [-0.2, 0) is 4.74 Å². The second-order valence-corrected chi connectivity index (χ2v) is 5.86. The summed E-state index contributed by atoms with van der Waals surface area (Å²) < 4.78 is 5.00. The standard InChI is InChI=1S/C19H17N7O5/c1-2-31-19(28)12-7-3-4-8-13(12)23-16-15(26(29)30)17(22-11-21-16)24-25-18(27)14-9-5-6-10-20-14/h3-11H,2H2,1H3,(H,25,27)(H2,21,22,23,24). The lowest BCUT2D eigenvalue weighted by atomic mass is 10.2. The van der Waals surface area contributed by atoms with E-state index in [9.17, 15) is 19.7 Å². The average Bonchev–Trinajstić information content (AvgIpc) is 2.78. The van der Waals surface area contributed by atoms with Crippen molar-refractivity contribution in [3.63, 3.8) is 0 Å². The fourth-order valence-corrected chi connectivity index (χ4v) is 2.52. The molecule has 1 aromatic carbocycles. The highest BCUT2D eigenvalue weighted by atomic mass is 16.6. The molecule has 0 saturated carbocycles. The number of anilines is 3. The fraction of sp³-hybridized carbons (Fsp3) is 0.105. The number of carbonyl (C=O) groups is 2. The number of ether oxygens (including phenoxy) is 1. The molecule has 0 radical (unpaired) electrons. The van der Waals surface area contributed by atoms with Gasteiger partial charge in [0.05, 0.1) is 22.8 Å². The number of carbonyl (C=O) groups excluding carboxylic acids is 2. The Hall–Kier alpha value is -4.61. The monoisotopic (exact) mass is 423 g/mol. The quantitative estimate of drug-likeness (QED) is 0.279. The average molecular weight is 423 g/mol. The number of aromatic nitrogens is 3. The van der Waals surface area contributed by atoms with E-state index in [1.807, 2.05) is 0 Å². The number of nitrogens with zero attached hydrogens (tertiary/aromatic N) is 4. The minimum Gasteiger partial charge on any atom is -0.462 e. The first-order valence-corrected chi connectivity index (χ1v) is 9.01. The van der Waals surface area contributed by atoms with Crippen LogP contribution in [-0.4, -0.2) is 38.4 Å². The Balaban J connectivity index is 1.87. The highest BCUT2D eigenvalue weighted by molar-refractivity contribution is 5.97. The van der Waals surface area contributed by atoms with E-state index in [0.717, 1.165) is 6.33 Å². The lowest BCUT2D eigenvalue weighted by Gasteiger charge is -2.12. The van der Waals surface area contributed by atoms with E-state index in [-0.39, 0.29) is 35.2 Å². The summed E-state index contributed by atoms with van der Waals surface area (Å²) in [6.45, 7) is 1.84. The predicted molar refractivity (Wildman–Crippen MR) is 110 cm³/mol. The summed E-state index contributed by atoms with van der Waals surface area (Å²) in [6, 6.07) is 11.1. The van der Waals surface area contributed by atoms with Gasteiger partial charge in [0.15, 0.2) is 0 Å². The number of nitro groups is 1. The van der Waals surface area contributed by atoms with Crippen LogP contribution in [0.1, 0.15) is 27.8 Å². The first-order chi connectivity index (χ1) is 15.0. The van der Waals surface area contributed by atoms with Crippen molar-refractivity contribution in [2.45, 2.75) is 6.92 Å². The van der Waals surface area contributed by atoms with Gasteiger partial charge in [0, 0.05) is 6.20 Å². The van der Waals surface area contributed by atoms with Crippen LogP contribution in [0, 0.1) is 10.1 Å². The number of benzene rings is 1. The lowest BCUT2D eigenvalue weighted by molar-refractivity contribution is -0.383. The van der Waals surface area contributed by atoms with Crippen molar-refractivity contribution in [1.29, 1.82) is 0 Å². The number of rotatable bonds is 8. The van der Waals surface area contributed by atoms with Gasteiger partial charge in [0.1, 0.15) is 12.0 Å². The van der Waals surface area contributed by atoms with Crippen LogP contribution in [0.25, 0.3) is 0 Å². The molecule has 3 N–H and O–H groups in total. The number of nitrogens with one attached hydrogen (secondary N) is 3. The van der Waals surface area contributed by atoms with E-state index >= 15 is 0 Å². The van der Waals surface area contributed by atoms with Crippen LogP contribution in [0.5, 0.6) is 0 Å². The molecule has 0 bridgehead atoms. The number of hydrogen-bond acceptors (Lipinski definition) is 10. The smallest absolute Gasteiger partial charge is 0.355 e. The minimum atomic E-state index is -0.718. The van der Waals surface area contributed by atoms with Crippen molar-refractivity contribution in [2.75, 3.05) is 17.3 Å². The Morgan fingerprint density at radius 1 is 1.06 bits per heavy atom. The maximum Gasteiger partial charge on any atom is 0.355 e. The molecule has 31 heavy (non-hydrogen) atoms. The first-order valence-electron chi connectivity index (χ1n) is 9.01. The molecule has 2 aromatic heterocycles. The van der Waals surface area contributed by atoms with Gasteiger partial charge in [-0.3, -0.25) is 30.7 Å². The molecule has 0 saturated heterocycles. The summed E-state index contributed by atoms with van der Waals surface area (Å²) in [5.74, 6) is -1.66. The van der Waals surface area contributed by atoms with Crippen LogP contribution in [0.3, 0.4) is 0 Å². The maximum atomic E-state index is 12.2. The second kappa shape index (κ2) is 9.73. The molecule has 12 heteroatoms. The molecule has 158 valence electrons. The van der Waals surface area contributed by atoms with Gasteiger partial charge in [-0.25, -0.2) is 14.8 Å². The Morgan fingerprint density at radius 3 is 2.52 bits per heavy atom. The van der Waals surface area contributed by atoms with Gasteiger partial charge in [-0.15, -0.1) is 0 Å². The van der Waals surface area contributed by atoms with Crippen LogP contribution >= 0.6 is 0 Å². The predicted octanol–water partition coefficient (Wildman–Crippen LogP) is 2.46. The number of hydrazine groups is 1. The summed E-state index contributed by atoms with van der Waals surface area (Å²) in [5, 5.41) is 14.5. The van der Waals surface area contributed by atoms with E-state index in [4.69, 9.17) is 4.74 Å². The minimum absolute atomic E-state index is 0.105. The van der Waals surface area contributed by atoms with Crippen molar-refractivity contribution in [1.82, 2.24) is 20.4 Å². The molecule has 3 rings (SSSR count). The molecule has 2 heterocycles. The van der Waals surface area contributed by atoms with E-state index < -0.39 is 22.5 Å². The topological polar surface area (TPSA) is 161 Å². The van der Waals surface area contributed by atoms with E-state index in [1.54, 1.807) is 37.3 Å². The Morgan fingerprint density at radius 2 is 1.81 bits per heavy atom. The summed E-state index contributed by atoms with van der Waals surface area (Å²) in [5.41, 5.74) is 4.71. The van der Waals surface area contributed by atoms with Crippen molar-refractivity contribution >= 4 is 34.9 Å². The zero-order chi connectivity index (χ0) is 22.2. The summed E-state index contributed by atoms with van der Waals surface area (Å²) >= 11 is 0. The summed E-state index contributed by atoms with van der Waals surface area (Å²) in [7, 11) is 0. The molecule has 3 aromatic rings. The molecule has 1 amide bonds. The third-order valence-electron chi connectivity index (χ3n) is 3.87. The van der Waals surface area contributed by atoms with Crippen LogP contribution in [0.15, 0.2) is 55.0 Å². The second-order valence-electron chi connectivity index (χ2n) is 5.86. The fourth-order valence-electron chi connectivity index (χ4n) is 2.52. The van der Waals surface area contributed by atoms with Gasteiger partial charge in [-0.05, 0) is 31.2 Å². The Bertz CT molecular complexity index is 1110. The van der Waals surface area contributed by atoms with Crippen molar-refractivity contribution in [3.05, 3.63) is 76.4 Å². The third kappa shape index (κ3) is 5.06. The number of para-hydroxylation sites is 1. The van der Waals surface area contributed by atoms with Gasteiger partial charge in [0.25, 0.3) is 5.91 Å². The van der Waals surface area contributed by atoms with Crippen molar-refractivity contribution < 1.29 is 19.2 Å². The van der Waals surface area contributed by atoms with Gasteiger partial charge in [0.2, 0.25) is 11.6 Å². The molecule has 0 unspecified atom stereocenters. The Labute approximate surface area is 175 Å². The summed E-state index contributed by atoms with van der Waals surface area (Å²) in [4.78, 5) is 46.9. The molecule has 12 nitrogen and oxygen atoms in total. The Kier molecular flexibility index (Phi) is 6.63. The molecule has 0 aliphatic carbocycles. The molecular weight excluding hydrogens is 406 g/mol. The molecule has 0 spiro atoms. The van der Waals surface area contributed by atoms with Crippen LogP contribution < -0.4 is 16.2 Å². The molecule has 0 atom stereocenters. The summed E-state index contributed by atoms with van der Waals surface area (Å²) in [6.07, 6.45) is 2.50. The van der Waals surface area contributed by atoms with Crippen molar-refractivity contribution in [2.24, 2.45) is 0 Å². The van der Waals surface area contributed by atoms with Gasteiger partial charge >= 0.3 is 11.7 Å². The SMILES string of the molecule is CCOC(=O)c1ccccc1Nc1ncnc(NNC(=O)c2ccccn2)c1[N+](=O)[O-].